The quantitative estimate of drug-likeness (QED) is 0.557. The molecule has 8 nitrogen and oxygen atoms in total. The Labute approximate surface area is 124 Å². The Hall–Kier alpha value is -1.19. The van der Waals surface area contributed by atoms with Gasteiger partial charge in [0.25, 0.3) is 0 Å². The monoisotopic (exact) mass is 321 g/mol. The Morgan fingerprint density at radius 1 is 1.38 bits per heavy atom. The van der Waals surface area contributed by atoms with Crippen LogP contribution in [-0.4, -0.2) is 60.6 Å². The number of nitrogens with two attached hydrogens (primary N) is 1. The van der Waals surface area contributed by atoms with Crippen LogP contribution in [0.2, 0.25) is 0 Å². The topological polar surface area (TPSA) is 130 Å². The minimum Gasteiger partial charge on any atom is -0.481 e. The molecule has 0 bridgehead atoms. The van der Waals surface area contributed by atoms with Crippen molar-refractivity contribution in [3.63, 3.8) is 0 Å². The first-order valence-corrected chi connectivity index (χ1v) is 8.62. The summed E-state index contributed by atoms with van der Waals surface area (Å²) in [5, 5.41) is 11.3. The number of carboxylic acid groups (broad SMARTS) is 1. The average Bonchev–Trinajstić information content (AvgIpc) is 2.38. The van der Waals surface area contributed by atoms with Gasteiger partial charge in [-0.3, -0.25) is 9.59 Å². The van der Waals surface area contributed by atoms with Crippen molar-refractivity contribution in [3.8, 4) is 0 Å². The van der Waals surface area contributed by atoms with Crippen molar-refractivity contribution in [3.05, 3.63) is 0 Å². The van der Waals surface area contributed by atoms with E-state index in [1.165, 1.54) is 4.31 Å². The Balaban J connectivity index is 2.43. The molecule has 0 radical (unpaired) electrons. The van der Waals surface area contributed by atoms with E-state index in [0.717, 1.165) is 0 Å². The van der Waals surface area contributed by atoms with E-state index >= 15 is 0 Å². The third-order valence-corrected chi connectivity index (χ3v) is 5.46. The summed E-state index contributed by atoms with van der Waals surface area (Å²) in [6, 6.07) is -1.24. The molecule has 0 aromatic rings. The van der Waals surface area contributed by atoms with Crippen molar-refractivity contribution in [2.24, 2.45) is 5.73 Å². The first-order valence-electron chi connectivity index (χ1n) is 7.01. The van der Waals surface area contributed by atoms with Gasteiger partial charge >= 0.3 is 5.97 Å². The predicted molar refractivity (Wildman–Crippen MR) is 77.0 cm³/mol. The summed E-state index contributed by atoms with van der Waals surface area (Å²) < 4.78 is 25.2. The first-order chi connectivity index (χ1) is 9.76. The summed E-state index contributed by atoms with van der Waals surface area (Å²) in [5.41, 5.74) is 5.47. The van der Waals surface area contributed by atoms with E-state index in [4.69, 9.17) is 10.8 Å². The van der Waals surface area contributed by atoms with Crippen LogP contribution in [0.25, 0.3) is 0 Å². The number of hydrogen-bond acceptors (Lipinski definition) is 5. The molecule has 4 N–H and O–H groups in total. The number of rotatable bonds is 7. The fourth-order valence-corrected chi connectivity index (χ4v) is 3.80. The number of hydrogen-bond donors (Lipinski definition) is 3. The third-order valence-electron chi connectivity index (χ3n) is 3.39. The Bertz CT molecular complexity index is 471. The highest BCUT2D eigenvalue weighted by Gasteiger charge is 2.29. The highest BCUT2D eigenvalue weighted by Crippen LogP contribution is 2.15. The van der Waals surface area contributed by atoms with Crippen LogP contribution in [0.15, 0.2) is 0 Å². The zero-order chi connectivity index (χ0) is 16.0. The van der Waals surface area contributed by atoms with E-state index in [9.17, 15) is 18.0 Å². The van der Waals surface area contributed by atoms with Gasteiger partial charge in [-0.05, 0) is 19.3 Å². The van der Waals surface area contributed by atoms with E-state index < -0.39 is 34.4 Å². The number of carbonyl (C=O) groups excluding carboxylic acids is 1. The van der Waals surface area contributed by atoms with Crippen molar-refractivity contribution in [2.45, 2.75) is 44.7 Å². The van der Waals surface area contributed by atoms with Crippen LogP contribution in [0.5, 0.6) is 0 Å². The largest absolute Gasteiger partial charge is 0.481 e. The van der Waals surface area contributed by atoms with Crippen LogP contribution in [0.3, 0.4) is 0 Å². The van der Waals surface area contributed by atoms with Gasteiger partial charge < -0.3 is 16.2 Å². The summed E-state index contributed by atoms with van der Waals surface area (Å²) in [6.07, 6.45) is 1.17. The predicted octanol–water partition coefficient (Wildman–Crippen LogP) is -0.891. The summed E-state index contributed by atoms with van der Waals surface area (Å²) in [5.74, 6) is -1.50. The molecule has 0 saturated carbocycles. The number of aliphatic carboxylic acids is 1. The van der Waals surface area contributed by atoms with Crippen molar-refractivity contribution >= 4 is 21.9 Å². The van der Waals surface area contributed by atoms with E-state index in [2.05, 4.69) is 5.32 Å². The first kappa shape index (κ1) is 17.9. The van der Waals surface area contributed by atoms with Gasteiger partial charge in [-0.2, -0.15) is 0 Å². The number of sulfonamides is 1. The fraction of sp³-hybridized carbons (Fsp3) is 0.833. The number of amides is 1. The molecule has 1 aliphatic rings. The van der Waals surface area contributed by atoms with Gasteiger partial charge in [-0.1, -0.05) is 6.92 Å². The zero-order valence-electron chi connectivity index (χ0n) is 12.1. The maximum absolute atomic E-state index is 11.9. The van der Waals surface area contributed by atoms with Gasteiger partial charge in [0.05, 0.1) is 18.2 Å². The van der Waals surface area contributed by atoms with Gasteiger partial charge in [-0.15, -0.1) is 0 Å². The minimum atomic E-state index is -3.20. The molecule has 122 valence electrons. The van der Waals surface area contributed by atoms with E-state index in [1.54, 1.807) is 0 Å². The van der Waals surface area contributed by atoms with Crippen molar-refractivity contribution in [1.82, 2.24) is 9.62 Å². The third kappa shape index (κ3) is 5.60. The molecule has 1 heterocycles. The molecule has 1 rings (SSSR count). The molecule has 1 saturated heterocycles. The molecule has 1 aliphatic heterocycles. The van der Waals surface area contributed by atoms with Crippen LogP contribution in [-0.2, 0) is 19.6 Å². The molecule has 0 aromatic heterocycles. The maximum Gasteiger partial charge on any atom is 0.305 e. The standard InChI is InChI=1S/C12H23N3O5S/c1-2-7-21(19,20)15-5-3-9(4-6-15)14-12(18)10(13)8-11(16)17/h9-10H,2-8,13H2,1H3,(H,14,18)(H,16,17). The number of nitrogens with zero attached hydrogens (tertiary/aromatic N) is 1. The summed E-state index contributed by atoms with van der Waals surface area (Å²) in [6.45, 7) is 2.54. The SMILES string of the molecule is CCCS(=O)(=O)N1CCC(NC(=O)C(N)CC(=O)O)CC1. The highest BCUT2D eigenvalue weighted by molar-refractivity contribution is 7.89. The van der Waals surface area contributed by atoms with Crippen LogP contribution < -0.4 is 11.1 Å². The Morgan fingerprint density at radius 3 is 2.43 bits per heavy atom. The van der Waals surface area contributed by atoms with Crippen molar-refractivity contribution in [1.29, 1.82) is 0 Å². The van der Waals surface area contributed by atoms with Crippen LogP contribution in [0, 0.1) is 0 Å². The maximum atomic E-state index is 11.9. The van der Waals surface area contributed by atoms with Gasteiger partial charge in [0.1, 0.15) is 0 Å². The lowest BCUT2D eigenvalue weighted by atomic mass is 10.1. The van der Waals surface area contributed by atoms with Gasteiger partial charge in [0.15, 0.2) is 0 Å². The van der Waals surface area contributed by atoms with Crippen molar-refractivity contribution in [2.75, 3.05) is 18.8 Å². The lowest BCUT2D eigenvalue weighted by molar-refractivity contribution is -0.139. The minimum absolute atomic E-state index is 0.132. The molecule has 0 spiro atoms. The molecule has 1 unspecified atom stereocenters. The molecule has 1 atom stereocenters. The molecular weight excluding hydrogens is 298 g/mol. The molecule has 9 heteroatoms. The summed E-state index contributed by atoms with van der Waals surface area (Å²) >= 11 is 0. The van der Waals surface area contributed by atoms with Crippen molar-refractivity contribution < 1.29 is 23.1 Å². The highest BCUT2D eigenvalue weighted by atomic mass is 32.2. The van der Waals surface area contributed by atoms with Gasteiger partial charge in [0.2, 0.25) is 15.9 Å². The molecule has 1 amide bonds. The summed E-state index contributed by atoms with van der Waals surface area (Å²) in [7, 11) is -3.20. The molecule has 0 aliphatic carbocycles. The number of nitrogens with one attached hydrogen (secondary N) is 1. The molecule has 1 fully saturated rings. The Kier molecular flexibility index (Phi) is 6.56. The second-order valence-electron chi connectivity index (χ2n) is 5.20. The second kappa shape index (κ2) is 7.71. The molecule has 21 heavy (non-hydrogen) atoms. The second-order valence-corrected chi connectivity index (χ2v) is 7.29. The summed E-state index contributed by atoms with van der Waals surface area (Å²) in [4.78, 5) is 22.2. The zero-order valence-corrected chi connectivity index (χ0v) is 12.9. The Morgan fingerprint density at radius 2 is 1.95 bits per heavy atom. The van der Waals surface area contributed by atoms with Gasteiger partial charge in [-0.25, -0.2) is 12.7 Å². The smallest absolute Gasteiger partial charge is 0.305 e. The van der Waals surface area contributed by atoms with E-state index in [-0.39, 0.29) is 11.8 Å². The van der Waals surface area contributed by atoms with E-state index in [1.807, 2.05) is 6.92 Å². The fourth-order valence-electron chi connectivity index (χ4n) is 2.25. The van der Waals surface area contributed by atoms with Crippen LogP contribution in [0.1, 0.15) is 32.6 Å². The number of carbonyl (C=O) groups is 2. The number of piperidine rings is 1. The van der Waals surface area contributed by atoms with E-state index in [0.29, 0.717) is 32.4 Å². The van der Waals surface area contributed by atoms with Crippen LogP contribution in [0.4, 0.5) is 0 Å². The average molecular weight is 321 g/mol. The lowest BCUT2D eigenvalue weighted by Crippen LogP contribution is -2.51. The van der Waals surface area contributed by atoms with Gasteiger partial charge in [0, 0.05) is 19.1 Å². The van der Waals surface area contributed by atoms with Crippen LogP contribution >= 0.6 is 0 Å². The normalized spacial score (nSPS) is 19.1. The molecular formula is C12H23N3O5S. The molecule has 0 aromatic carbocycles. The number of carboxylic acids is 1. The lowest BCUT2D eigenvalue weighted by Gasteiger charge is -2.32.